The van der Waals surface area contributed by atoms with Crippen LogP contribution in [-0.2, 0) is 0 Å². The fourth-order valence-electron chi connectivity index (χ4n) is 5.56. The second-order valence-corrected chi connectivity index (χ2v) is 10.3. The molecule has 6 rings (SSSR count). The predicted octanol–water partition coefficient (Wildman–Crippen LogP) is 9.09. The highest BCUT2D eigenvalue weighted by Crippen LogP contribution is 2.50. The van der Waals surface area contributed by atoms with E-state index in [1.54, 1.807) is 6.07 Å². The number of fused-ring (bicyclic) bond motifs is 4. The number of anilines is 4. The van der Waals surface area contributed by atoms with Crippen molar-refractivity contribution in [3.05, 3.63) is 89.1 Å². The lowest BCUT2D eigenvalue weighted by atomic mass is 9.92. The lowest BCUT2D eigenvalue weighted by Gasteiger charge is -2.29. The highest BCUT2D eigenvalue weighted by molar-refractivity contribution is 6.10. The Labute approximate surface area is 217 Å². The van der Waals surface area contributed by atoms with Crippen molar-refractivity contribution in [1.29, 1.82) is 0 Å². The van der Waals surface area contributed by atoms with Crippen molar-refractivity contribution in [2.45, 2.75) is 53.3 Å². The number of benzene rings is 3. The number of para-hydroxylation sites is 3. The summed E-state index contributed by atoms with van der Waals surface area (Å²) in [6, 6.07) is 22.7. The van der Waals surface area contributed by atoms with Crippen LogP contribution >= 0.6 is 0 Å². The van der Waals surface area contributed by atoms with Gasteiger partial charge in [-0.1, -0.05) is 70.2 Å². The van der Waals surface area contributed by atoms with Crippen molar-refractivity contribution in [1.82, 2.24) is 4.98 Å². The Morgan fingerprint density at radius 1 is 0.778 bits per heavy atom. The van der Waals surface area contributed by atoms with Gasteiger partial charge in [0.15, 0.2) is 5.58 Å². The smallest absolute Gasteiger partial charge is 0.227 e. The molecule has 0 atom stereocenters. The average molecular weight is 479 g/mol. The molecular formula is C32H33N3O. The van der Waals surface area contributed by atoms with E-state index in [-0.39, 0.29) is 5.69 Å². The minimum atomic E-state index is -2.29. The summed E-state index contributed by atoms with van der Waals surface area (Å²) in [6.45, 7) is 9.44. The standard InChI is InChI=1S/C32H33N3O/c1-19(2)23-10-9-11-24(20(3)4)30(23)35-18-34(27-12-7-8-13-28(27)35)29-21(5)14-16-25-26-17-15-22(6)33-32(26)36-31(25)29/h7-17,19-20H,18H2,1-6H3/i6D3. The number of furan rings is 1. The van der Waals surface area contributed by atoms with Crippen LogP contribution < -0.4 is 9.80 Å². The van der Waals surface area contributed by atoms with Crippen LogP contribution in [0.3, 0.4) is 0 Å². The zero-order valence-electron chi connectivity index (χ0n) is 24.5. The van der Waals surface area contributed by atoms with Crippen LogP contribution in [0, 0.1) is 13.8 Å². The molecule has 4 nitrogen and oxygen atoms in total. The normalized spacial score (nSPS) is 15.1. The van der Waals surface area contributed by atoms with Gasteiger partial charge in [0.2, 0.25) is 5.71 Å². The molecule has 3 heterocycles. The van der Waals surface area contributed by atoms with Crippen molar-refractivity contribution in [3.63, 3.8) is 0 Å². The van der Waals surface area contributed by atoms with E-state index in [0.29, 0.717) is 24.2 Å². The molecule has 0 saturated carbocycles. The van der Waals surface area contributed by atoms with Gasteiger partial charge in [0.05, 0.1) is 17.1 Å². The zero-order valence-corrected chi connectivity index (χ0v) is 21.5. The summed E-state index contributed by atoms with van der Waals surface area (Å²) in [5.41, 5.74) is 9.36. The van der Waals surface area contributed by atoms with Gasteiger partial charge in [0.25, 0.3) is 0 Å². The largest absolute Gasteiger partial charge is 0.435 e. The van der Waals surface area contributed by atoms with Crippen LogP contribution in [-0.4, -0.2) is 11.7 Å². The third-order valence-corrected chi connectivity index (χ3v) is 7.31. The molecule has 0 amide bonds. The van der Waals surface area contributed by atoms with Crippen molar-refractivity contribution >= 4 is 44.8 Å². The van der Waals surface area contributed by atoms with Gasteiger partial charge in [0, 0.05) is 26.3 Å². The summed E-state index contributed by atoms with van der Waals surface area (Å²) in [6.07, 6.45) is 0. The van der Waals surface area contributed by atoms with Crippen molar-refractivity contribution in [2.24, 2.45) is 0 Å². The maximum atomic E-state index is 7.79. The van der Waals surface area contributed by atoms with Crippen LogP contribution in [0.5, 0.6) is 0 Å². The topological polar surface area (TPSA) is 32.5 Å². The molecule has 2 aromatic heterocycles. The van der Waals surface area contributed by atoms with E-state index in [2.05, 4.69) is 97.9 Å². The summed E-state index contributed by atoms with van der Waals surface area (Å²) in [4.78, 5) is 9.15. The molecule has 5 aromatic rings. The fourth-order valence-corrected chi connectivity index (χ4v) is 5.56. The molecule has 36 heavy (non-hydrogen) atoms. The van der Waals surface area contributed by atoms with Crippen LogP contribution in [0.1, 0.15) is 66.0 Å². The first-order valence-corrected chi connectivity index (χ1v) is 12.7. The van der Waals surface area contributed by atoms with E-state index in [4.69, 9.17) is 8.53 Å². The Bertz CT molecular complexity index is 1690. The quantitative estimate of drug-likeness (QED) is 0.258. The molecule has 3 aromatic carbocycles. The molecule has 0 saturated heterocycles. The molecule has 0 unspecified atom stereocenters. The Balaban J connectivity index is 1.57. The summed E-state index contributed by atoms with van der Waals surface area (Å²) < 4.78 is 29.7. The van der Waals surface area contributed by atoms with Crippen LogP contribution in [0.4, 0.5) is 22.7 Å². The molecule has 0 N–H and O–H groups in total. The second-order valence-electron chi connectivity index (χ2n) is 10.3. The Kier molecular flexibility index (Phi) is 4.53. The van der Waals surface area contributed by atoms with Gasteiger partial charge in [0.1, 0.15) is 6.67 Å². The lowest BCUT2D eigenvalue weighted by Crippen LogP contribution is -2.26. The third-order valence-electron chi connectivity index (χ3n) is 7.31. The van der Waals surface area contributed by atoms with Gasteiger partial charge < -0.3 is 14.2 Å². The number of aromatic nitrogens is 1. The molecule has 0 fully saturated rings. The molecule has 0 aliphatic carbocycles. The van der Waals surface area contributed by atoms with Gasteiger partial charge in [-0.25, -0.2) is 4.98 Å². The number of nitrogens with zero attached hydrogens (tertiary/aromatic N) is 3. The molecule has 0 spiro atoms. The van der Waals surface area contributed by atoms with E-state index < -0.39 is 6.85 Å². The summed E-state index contributed by atoms with van der Waals surface area (Å²) in [5.74, 6) is 0.748. The molecular weight excluding hydrogens is 442 g/mol. The Morgan fingerprint density at radius 2 is 1.42 bits per heavy atom. The van der Waals surface area contributed by atoms with E-state index in [1.165, 1.54) is 16.8 Å². The number of hydrogen-bond donors (Lipinski definition) is 0. The molecule has 1 aliphatic rings. The summed E-state index contributed by atoms with van der Waals surface area (Å²) in [7, 11) is 0. The molecule has 4 heteroatoms. The monoisotopic (exact) mass is 478 g/mol. The zero-order chi connectivity index (χ0) is 27.6. The van der Waals surface area contributed by atoms with E-state index in [0.717, 1.165) is 39.0 Å². The van der Waals surface area contributed by atoms with E-state index in [1.807, 2.05) is 12.1 Å². The second kappa shape index (κ2) is 8.41. The van der Waals surface area contributed by atoms with Gasteiger partial charge >= 0.3 is 0 Å². The molecule has 0 bridgehead atoms. The predicted molar refractivity (Wildman–Crippen MR) is 151 cm³/mol. The molecule has 1 aliphatic heterocycles. The Morgan fingerprint density at radius 3 is 2.06 bits per heavy atom. The lowest BCUT2D eigenvalue weighted by molar-refractivity contribution is 0.651. The maximum Gasteiger partial charge on any atom is 0.227 e. The van der Waals surface area contributed by atoms with Crippen LogP contribution in [0.15, 0.2) is 71.1 Å². The molecule has 182 valence electrons. The van der Waals surface area contributed by atoms with E-state index in [9.17, 15) is 0 Å². The number of hydrogen-bond acceptors (Lipinski definition) is 4. The SMILES string of the molecule is [2H]C([2H])([2H])c1ccc2c(n1)oc1c(N3CN(c4c(C(C)C)cccc4C(C)C)c4ccccc43)c(C)ccc12. The van der Waals surface area contributed by atoms with Gasteiger partial charge in [-0.3, -0.25) is 0 Å². The summed E-state index contributed by atoms with van der Waals surface area (Å²) in [5, 5.41) is 1.74. The third kappa shape index (κ3) is 3.39. The van der Waals surface area contributed by atoms with Crippen LogP contribution in [0.25, 0.3) is 22.1 Å². The number of rotatable bonds is 4. The highest BCUT2D eigenvalue weighted by Gasteiger charge is 2.33. The van der Waals surface area contributed by atoms with Crippen molar-refractivity contribution in [2.75, 3.05) is 16.5 Å². The average Bonchev–Trinajstić information content (AvgIpc) is 3.45. The van der Waals surface area contributed by atoms with Crippen LogP contribution in [0.2, 0.25) is 0 Å². The fraction of sp³-hybridized carbons (Fsp3) is 0.281. The van der Waals surface area contributed by atoms with Crippen molar-refractivity contribution in [3.8, 4) is 0 Å². The first kappa shape index (κ1) is 19.4. The van der Waals surface area contributed by atoms with Crippen molar-refractivity contribution < 1.29 is 8.53 Å². The summed E-state index contributed by atoms with van der Waals surface area (Å²) >= 11 is 0. The van der Waals surface area contributed by atoms with Gasteiger partial charge in [-0.05, 0) is 66.6 Å². The van der Waals surface area contributed by atoms with E-state index >= 15 is 0 Å². The highest BCUT2D eigenvalue weighted by atomic mass is 16.3. The first-order chi connectivity index (χ1) is 18.6. The Hall–Kier alpha value is -3.79. The minimum absolute atomic E-state index is 0.0385. The maximum absolute atomic E-state index is 7.79. The number of aryl methyl sites for hydroxylation is 2. The van der Waals surface area contributed by atoms with Gasteiger partial charge in [-0.15, -0.1) is 0 Å². The minimum Gasteiger partial charge on any atom is -0.435 e. The first-order valence-electron chi connectivity index (χ1n) is 14.2. The molecule has 0 radical (unpaired) electrons. The van der Waals surface area contributed by atoms with Gasteiger partial charge in [-0.2, -0.15) is 0 Å². The number of pyridine rings is 1.